The second-order valence-electron chi connectivity index (χ2n) is 6.02. The predicted molar refractivity (Wildman–Crippen MR) is 66.6 cm³/mol. The first kappa shape index (κ1) is 14.5. The zero-order valence-electron chi connectivity index (χ0n) is 11.6. The van der Waals surface area contributed by atoms with Gasteiger partial charge in [0.1, 0.15) is 6.04 Å². The standard InChI is InChI=1S/C13H25NO3/c1-9(12(16)17-5)14-7-6-10(11(15)8-14)13(2,3)4/h9-11,15H,6-8H2,1-5H3/t9-,10-,11-/m0/s1. The molecule has 0 saturated carbocycles. The Labute approximate surface area is 104 Å². The maximum Gasteiger partial charge on any atom is 0.322 e. The van der Waals surface area contributed by atoms with E-state index >= 15 is 0 Å². The molecule has 1 saturated heterocycles. The van der Waals surface area contributed by atoms with Gasteiger partial charge in [-0.3, -0.25) is 9.69 Å². The Hall–Kier alpha value is -0.610. The highest BCUT2D eigenvalue weighted by Crippen LogP contribution is 2.35. The minimum atomic E-state index is -0.365. The molecule has 1 rings (SSSR count). The van der Waals surface area contributed by atoms with Crippen LogP contribution in [0.2, 0.25) is 0 Å². The van der Waals surface area contributed by atoms with Gasteiger partial charge in [-0.1, -0.05) is 20.8 Å². The number of ether oxygens (including phenoxy) is 1. The summed E-state index contributed by atoms with van der Waals surface area (Å²) in [6.07, 6.45) is 0.558. The molecule has 0 bridgehead atoms. The van der Waals surface area contributed by atoms with Gasteiger partial charge in [0.25, 0.3) is 0 Å². The molecule has 0 radical (unpaired) electrons. The van der Waals surface area contributed by atoms with E-state index in [9.17, 15) is 9.90 Å². The molecule has 1 N–H and O–H groups in total. The Morgan fingerprint density at radius 1 is 1.47 bits per heavy atom. The fraction of sp³-hybridized carbons (Fsp3) is 0.923. The molecular weight excluding hydrogens is 218 g/mol. The van der Waals surface area contributed by atoms with E-state index in [0.29, 0.717) is 12.5 Å². The molecule has 0 aromatic carbocycles. The average molecular weight is 243 g/mol. The van der Waals surface area contributed by atoms with Gasteiger partial charge in [-0.2, -0.15) is 0 Å². The summed E-state index contributed by atoms with van der Waals surface area (Å²) in [5, 5.41) is 10.2. The summed E-state index contributed by atoms with van der Waals surface area (Å²) in [6.45, 7) is 9.68. The molecule has 1 fully saturated rings. The molecule has 0 amide bonds. The van der Waals surface area contributed by atoms with Crippen LogP contribution in [0.3, 0.4) is 0 Å². The van der Waals surface area contributed by atoms with Crippen LogP contribution < -0.4 is 0 Å². The van der Waals surface area contributed by atoms with Gasteiger partial charge in [-0.25, -0.2) is 0 Å². The number of aliphatic hydroxyl groups is 1. The average Bonchev–Trinajstić information content (AvgIpc) is 2.25. The number of aliphatic hydroxyl groups excluding tert-OH is 1. The van der Waals surface area contributed by atoms with Crippen LogP contribution in [0.15, 0.2) is 0 Å². The Kier molecular flexibility index (Phi) is 4.55. The summed E-state index contributed by atoms with van der Waals surface area (Å²) in [6, 6.07) is -0.268. The Morgan fingerprint density at radius 2 is 2.06 bits per heavy atom. The second-order valence-corrected chi connectivity index (χ2v) is 6.02. The van der Waals surface area contributed by atoms with Crippen LogP contribution in [0, 0.1) is 11.3 Å². The molecule has 1 aliphatic heterocycles. The first-order chi connectivity index (χ1) is 7.77. The van der Waals surface area contributed by atoms with Crippen molar-refractivity contribution in [2.75, 3.05) is 20.2 Å². The van der Waals surface area contributed by atoms with Crippen molar-refractivity contribution in [3.8, 4) is 0 Å². The van der Waals surface area contributed by atoms with Gasteiger partial charge >= 0.3 is 5.97 Å². The van der Waals surface area contributed by atoms with Gasteiger partial charge in [-0.15, -0.1) is 0 Å². The largest absolute Gasteiger partial charge is 0.468 e. The SMILES string of the molecule is COC(=O)[C@H](C)N1CC[C@H](C(C)(C)C)[C@@H](O)C1. The number of hydrogen-bond acceptors (Lipinski definition) is 4. The smallest absolute Gasteiger partial charge is 0.322 e. The summed E-state index contributed by atoms with van der Waals surface area (Å²) in [4.78, 5) is 13.4. The zero-order valence-corrected chi connectivity index (χ0v) is 11.6. The van der Waals surface area contributed by atoms with Gasteiger partial charge in [0.05, 0.1) is 13.2 Å². The number of nitrogens with zero attached hydrogens (tertiary/aromatic N) is 1. The van der Waals surface area contributed by atoms with Crippen molar-refractivity contribution in [1.29, 1.82) is 0 Å². The van der Waals surface area contributed by atoms with E-state index in [2.05, 4.69) is 20.8 Å². The highest BCUT2D eigenvalue weighted by atomic mass is 16.5. The summed E-state index contributed by atoms with van der Waals surface area (Å²) >= 11 is 0. The van der Waals surface area contributed by atoms with Crippen molar-refractivity contribution in [2.24, 2.45) is 11.3 Å². The molecule has 17 heavy (non-hydrogen) atoms. The van der Waals surface area contributed by atoms with E-state index in [-0.39, 0.29) is 23.5 Å². The fourth-order valence-corrected chi connectivity index (χ4v) is 2.64. The maximum atomic E-state index is 11.5. The normalized spacial score (nSPS) is 28.8. The number of hydrogen-bond donors (Lipinski definition) is 1. The second kappa shape index (κ2) is 5.36. The fourth-order valence-electron chi connectivity index (χ4n) is 2.64. The number of carbonyl (C=O) groups excluding carboxylic acids is 1. The third kappa shape index (κ3) is 3.42. The lowest BCUT2D eigenvalue weighted by Gasteiger charge is -2.43. The molecule has 100 valence electrons. The van der Waals surface area contributed by atoms with Gasteiger partial charge in [-0.05, 0) is 31.2 Å². The minimum Gasteiger partial charge on any atom is -0.468 e. The third-order valence-corrected chi connectivity index (χ3v) is 3.82. The third-order valence-electron chi connectivity index (χ3n) is 3.82. The van der Waals surface area contributed by atoms with Crippen LogP contribution in [-0.4, -0.2) is 48.3 Å². The number of esters is 1. The quantitative estimate of drug-likeness (QED) is 0.742. The van der Waals surface area contributed by atoms with Gasteiger partial charge in [0.15, 0.2) is 0 Å². The molecule has 0 aromatic rings. The van der Waals surface area contributed by atoms with Crippen molar-refractivity contribution in [2.45, 2.75) is 46.3 Å². The van der Waals surface area contributed by atoms with Crippen molar-refractivity contribution >= 4 is 5.97 Å². The van der Waals surface area contributed by atoms with E-state index in [1.165, 1.54) is 7.11 Å². The van der Waals surface area contributed by atoms with Crippen LogP contribution in [0.25, 0.3) is 0 Å². The summed E-state index contributed by atoms with van der Waals surface area (Å²) in [5.74, 6) is 0.0648. The molecule has 0 unspecified atom stereocenters. The van der Waals surface area contributed by atoms with E-state index in [1.807, 2.05) is 11.8 Å². The van der Waals surface area contributed by atoms with Crippen molar-refractivity contribution in [1.82, 2.24) is 4.90 Å². The molecule has 4 nitrogen and oxygen atoms in total. The number of β-amino-alcohol motifs (C(OH)–C–C–N with tert-alkyl or cyclic N) is 1. The Balaban J connectivity index is 2.61. The van der Waals surface area contributed by atoms with E-state index in [4.69, 9.17) is 4.74 Å². The number of carbonyl (C=O) groups is 1. The lowest BCUT2D eigenvalue weighted by molar-refractivity contribution is -0.148. The maximum absolute atomic E-state index is 11.5. The Bertz CT molecular complexity index is 272. The lowest BCUT2D eigenvalue weighted by atomic mass is 9.73. The number of likely N-dealkylation sites (tertiary alicyclic amines) is 1. The van der Waals surface area contributed by atoms with E-state index in [1.54, 1.807) is 0 Å². The summed E-state index contributed by atoms with van der Waals surface area (Å²) in [7, 11) is 1.40. The molecule has 1 heterocycles. The van der Waals surface area contributed by atoms with Gasteiger partial charge < -0.3 is 9.84 Å². The zero-order chi connectivity index (χ0) is 13.2. The van der Waals surface area contributed by atoms with Gasteiger partial charge in [0, 0.05) is 6.54 Å². The Morgan fingerprint density at radius 3 is 2.47 bits per heavy atom. The monoisotopic (exact) mass is 243 g/mol. The number of methoxy groups -OCH3 is 1. The highest BCUT2D eigenvalue weighted by molar-refractivity contribution is 5.75. The van der Waals surface area contributed by atoms with Crippen molar-refractivity contribution in [3.05, 3.63) is 0 Å². The van der Waals surface area contributed by atoms with Crippen LogP contribution in [0.5, 0.6) is 0 Å². The van der Waals surface area contributed by atoms with Crippen molar-refractivity contribution < 1.29 is 14.6 Å². The molecule has 3 atom stereocenters. The number of piperidine rings is 1. The van der Waals surface area contributed by atoms with Crippen LogP contribution in [-0.2, 0) is 9.53 Å². The molecule has 0 aromatic heterocycles. The summed E-state index contributed by atoms with van der Waals surface area (Å²) < 4.78 is 4.73. The first-order valence-electron chi connectivity index (χ1n) is 6.27. The molecule has 0 spiro atoms. The van der Waals surface area contributed by atoms with Gasteiger partial charge in [0.2, 0.25) is 0 Å². The summed E-state index contributed by atoms with van der Waals surface area (Å²) in [5.41, 5.74) is 0.111. The number of rotatable bonds is 2. The molecular formula is C13H25NO3. The lowest BCUT2D eigenvalue weighted by Crippen LogP contribution is -2.52. The van der Waals surface area contributed by atoms with Crippen LogP contribution in [0.1, 0.15) is 34.1 Å². The van der Waals surface area contributed by atoms with E-state index in [0.717, 1.165) is 13.0 Å². The topological polar surface area (TPSA) is 49.8 Å². The van der Waals surface area contributed by atoms with Crippen LogP contribution in [0.4, 0.5) is 0 Å². The molecule has 4 heteroatoms. The molecule has 1 aliphatic rings. The van der Waals surface area contributed by atoms with Crippen LogP contribution >= 0.6 is 0 Å². The minimum absolute atomic E-state index is 0.111. The highest BCUT2D eigenvalue weighted by Gasteiger charge is 2.38. The molecule has 0 aliphatic carbocycles. The predicted octanol–water partition coefficient (Wildman–Crippen LogP) is 1.28. The van der Waals surface area contributed by atoms with Crippen molar-refractivity contribution in [3.63, 3.8) is 0 Å². The van der Waals surface area contributed by atoms with E-state index < -0.39 is 0 Å². The first-order valence-corrected chi connectivity index (χ1v) is 6.27.